The average Bonchev–Trinajstić information content (AvgIpc) is 1.54. The number of primary amides is 1. The zero-order valence-corrected chi connectivity index (χ0v) is 57.8. The Kier molecular flexibility index (Phi) is 26.5. The van der Waals surface area contributed by atoms with Crippen LogP contribution in [-0.4, -0.2) is 179 Å². The highest BCUT2D eigenvalue weighted by atomic mass is 19.1. The standard InChI is InChI=1S/C74H93F2N7O18/c1-6-12-65-100-61-41-53-54-40-56(75)55-39-52(84)26-28-71(55,4)73(54,76)59(85)42-72(53,5)74(61,101-65)60(86)45-99-70(93)98-44-47-18-22-51(23-19-47)80-67(90)57(16-11-29-79-69(77)92)81-68(91)66(46(2)3)82-63(88)27-31-94-33-35-96-37-38-97-36-34-95-32-30-78-62(87)24-25-64(89)83-43-50-15-8-7-13-48(50)20-21-49-14-9-10-17-58(49)83/h7-10,13-15,17-19,22-23,26,28,39,46,53-54,56-57,59,61,65-66,85H,6,11-12,16,24-25,27,29-38,40-45H2,1-5H3,(H,78,87)(H,80,90)(H,81,91)(H,82,88)(H3,77,79,92)/t53?,54-,56-,57-,59-,61+,65?,66-,71-,72-,73-,74+/m0/s1. The molecule has 7 amide bonds. The van der Waals surface area contributed by atoms with E-state index in [0.717, 1.165) is 22.8 Å². The first-order valence-electron chi connectivity index (χ1n) is 34.6. The van der Waals surface area contributed by atoms with E-state index >= 15 is 8.78 Å². The van der Waals surface area contributed by atoms with E-state index in [1.54, 1.807) is 37.8 Å². The van der Waals surface area contributed by atoms with Crippen molar-refractivity contribution in [1.29, 1.82) is 0 Å². The molecule has 4 fully saturated rings. The smallest absolute Gasteiger partial charge is 0.429 e. The number of amides is 7. The first-order valence-corrected chi connectivity index (χ1v) is 34.6. The van der Waals surface area contributed by atoms with Crippen LogP contribution in [0.4, 0.5) is 29.7 Å². The van der Waals surface area contributed by atoms with Gasteiger partial charge in [0.05, 0.1) is 77.3 Å². The van der Waals surface area contributed by atoms with Gasteiger partial charge in [0, 0.05) is 65.9 Å². The summed E-state index contributed by atoms with van der Waals surface area (Å²) >= 11 is 0. The van der Waals surface area contributed by atoms with Crippen molar-refractivity contribution in [3.05, 3.63) is 119 Å². The van der Waals surface area contributed by atoms with Gasteiger partial charge in [-0.2, -0.15) is 0 Å². The molecule has 0 radical (unpaired) electrons. The summed E-state index contributed by atoms with van der Waals surface area (Å²) in [6, 6.07) is 18.4. The van der Waals surface area contributed by atoms with Crippen LogP contribution in [0.15, 0.2) is 96.6 Å². The zero-order valence-electron chi connectivity index (χ0n) is 57.8. The molecule has 8 N–H and O–H groups in total. The normalized spacial score (nSPS) is 25.7. The number of nitrogens with zero attached hydrogens (tertiary/aromatic N) is 1. The second-order valence-corrected chi connectivity index (χ2v) is 27.0. The van der Waals surface area contributed by atoms with Crippen LogP contribution in [0.25, 0.3) is 0 Å². The third-order valence-corrected chi connectivity index (χ3v) is 20.0. The Hall–Kier alpha value is -8.49. The maximum Gasteiger partial charge on any atom is 0.509 e. The molecule has 3 saturated carbocycles. The number of anilines is 2. The van der Waals surface area contributed by atoms with Gasteiger partial charge in [-0.05, 0) is 116 Å². The molecule has 9 rings (SSSR count). The molecule has 3 aromatic rings. The van der Waals surface area contributed by atoms with Crippen LogP contribution < -0.4 is 37.2 Å². The van der Waals surface area contributed by atoms with Gasteiger partial charge in [0.2, 0.25) is 35.3 Å². The maximum atomic E-state index is 17.9. The number of carbonyl (C=O) groups excluding carboxylic acids is 9. The lowest BCUT2D eigenvalue weighted by molar-refractivity contribution is -0.234. The van der Waals surface area contributed by atoms with Gasteiger partial charge >= 0.3 is 12.2 Å². The lowest BCUT2D eigenvalue weighted by atomic mass is 9.44. The van der Waals surface area contributed by atoms with E-state index in [9.17, 15) is 48.3 Å². The number of nitrogens with one attached hydrogen (secondary N) is 5. The lowest BCUT2D eigenvalue weighted by Crippen LogP contribution is -2.71. The Morgan fingerprint density at radius 2 is 1.45 bits per heavy atom. The number of benzene rings is 3. The van der Waals surface area contributed by atoms with E-state index in [4.69, 9.17) is 43.6 Å². The molecule has 6 aliphatic rings. The van der Waals surface area contributed by atoms with Crippen molar-refractivity contribution < 1.29 is 94.9 Å². The van der Waals surface area contributed by atoms with Gasteiger partial charge in [-0.3, -0.25) is 33.6 Å². The second-order valence-electron chi connectivity index (χ2n) is 27.0. The molecule has 3 aromatic carbocycles. The predicted molar refractivity (Wildman–Crippen MR) is 363 cm³/mol. The van der Waals surface area contributed by atoms with Crippen molar-refractivity contribution in [3.8, 4) is 11.8 Å². The van der Waals surface area contributed by atoms with Gasteiger partial charge in [0.15, 0.2) is 29.9 Å². The van der Waals surface area contributed by atoms with Crippen LogP contribution in [-0.2, 0) is 84.6 Å². The highest BCUT2D eigenvalue weighted by Crippen LogP contribution is 2.72. The number of Topliss-reactive ketones (excluding diaryl/α,β-unsaturated/α-hetero) is 1. The van der Waals surface area contributed by atoms with Crippen LogP contribution in [0.1, 0.15) is 121 Å². The summed E-state index contributed by atoms with van der Waals surface area (Å²) in [6.07, 6.45) is -1.94. The summed E-state index contributed by atoms with van der Waals surface area (Å²) in [6.45, 7) is 9.99. The van der Waals surface area contributed by atoms with Gasteiger partial charge < -0.3 is 80.2 Å². The second kappa shape index (κ2) is 34.9. The molecule has 25 nitrogen and oxygen atoms in total. The monoisotopic (exact) mass is 1410 g/mol. The van der Waals surface area contributed by atoms with Crippen LogP contribution in [0.5, 0.6) is 0 Å². The highest BCUT2D eigenvalue weighted by molar-refractivity contribution is 6.02. The molecular formula is C74H93F2N7O18. The Morgan fingerprint density at radius 1 is 0.772 bits per heavy atom. The Bertz CT molecular complexity index is 3620. The number of hydrogen-bond donors (Lipinski definition) is 7. The van der Waals surface area contributed by atoms with E-state index in [-0.39, 0.29) is 135 Å². The number of aliphatic hydroxyl groups is 1. The summed E-state index contributed by atoms with van der Waals surface area (Å²) in [5.41, 5.74) is 2.06. The van der Waals surface area contributed by atoms with E-state index < -0.39 is 125 Å². The number of aliphatic hydroxyl groups excluding tert-OH is 1. The van der Waals surface area contributed by atoms with Crippen LogP contribution >= 0.6 is 0 Å². The molecule has 546 valence electrons. The number of carbonyl (C=O) groups is 9. The molecular weight excluding hydrogens is 1310 g/mol. The van der Waals surface area contributed by atoms with Crippen molar-refractivity contribution in [2.24, 2.45) is 34.3 Å². The van der Waals surface area contributed by atoms with Gasteiger partial charge in [-0.1, -0.05) is 94.5 Å². The van der Waals surface area contributed by atoms with Gasteiger partial charge in [-0.25, -0.2) is 18.4 Å². The number of halogens is 2. The minimum absolute atomic E-state index is 0.0219. The lowest BCUT2D eigenvalue weighted by Gasteiger charge is -2.63. The number of ether oxygens (including phenoxy) is 8. The number of nitrogens with two attached hydrogens (primary N) is 1. The maximum absolute atomic E-state index is 17.9. The van der Waals surface area contributed by atoms with Gasteiger partial charge in [0.25, 0.3) is 0 Å². The third kappa shape index (κ3) is 18.1. The number of fused-ring (bicyclic) bond motifs is 9. The summed E-state index contributed by atoms with van der Waals surface area (Å²) < 4.78 is 80.0. The largest absolute Gasteiger partial charge is 0.509 e. The number of alkyl halides is 2. The minimum Gasteiger partial charge on any atom is -0.429 e. The zero-order chi connectivity index (χ0) is 72.5. The minimum atomic E-state index is -2.40. The molecule has 0 bridgehead atoms. The molecule has 0 aromatic heterocycles. The van der Waals surface area contributed by atoms with Crippen molar-refractivity contribution in [3.63, 3.8) is 0 Å². The Labute approximate surface area is 586 Å². The molecule has 2 aliphatic heterocycles. The number of rotatable bonds is 35. The van der Waals surface area contributed by atoms with Crippen LogP contribution in [0.3, 0.4) is 0 Å². The van der Waals surface area contributed by atoms with Crippen molar-refractivity contribution in [2.75, 3.05) is 82.8 Å². The molecule has 27 heteroatoms. The van der Waals surface area contributed by atoms with Crippen LogP contribution in [0.2, 0.25) is 0 Å². The fourth-order valence-corrected chi connectivity index (χ4v) is 14.9. The third-order valence-electron chi connectivity index (χ3n) is 20.0. The Balaban J connectivity index is 0.646. The van der Waals surface area contributed by atoms with E-state index in [1.807, 2.05) is 55.5 Å². The van der Waals surface area contributed by atoms with E-state index in [0.29, 0.717) is 42.9 Å². The number of para-hydroxylation sites is 1. The summed E-state index contributed by atoms with van der Waals surface area (Å²) in [7, 11) is 0. The quantitative estimate of drug-likeness (QED) is 0.0189. The first kappa shape index (κ1) is 76.7. The SMILES string of the molecule is CCCC1O[C@@H]2CC3[C@@H]4C[C@H](F)C5=CC(=O)C=C[C@]5(C)[C@@]4(F)[C@@H](O)C[C@]3(C)[C@]2(C(=O)COC(=O)OCc2ccc(NC(=O)[C@H](CCCNC(N)=O)NC(=O)[C@@H](NC(=O)CCOCCOCCOCCOCCNC(=O)CCC(=O)N3Cc4ccccc4C#Cc4ccccc43)C(C)C)cc2)O1. The molecule has 12 atom stereocenters. The highest BCUT2D eigenvalue weighted by Gasteiger charge is 2.80. The summed E-state index contributed by atoms with van der Waals surface area (Å²) in [5.74, 6) is 0.815. The van der Waals surface area contributed by atoms with Gasteiger partial charge in [-0.15, -0.1) is 0 Å². The molecule has 1 saturated heterocycles. The van der Waals surface area contributed by atoms with Crippen LogP contribution in [0, 0.1) is 40.4 Å². The molecule has 101 heavy (non-hydrogen) atoms. The topological polar surface area (TPSA) is 337 Å². The fourth-order valence-electron chi connectivity index (χ4n) is 14.9. The number of allylic oxidation sites excluding steroid dienone is 4. The van der Waals surface area contributed by atoms with Crippen molar-refractivity contribution in [1.82, 2.24) is 21.3 Å². The average molecular weight is 1410 g/mol. The molecule has 0 spiro atoms. The summed E-state index contributed by atoms with van der Waals surface area (Å²) in [5, 5.41) is 25.4. The van der Waals surface area contributed by atoms with Crippen molar-refractivity contribution >= 4 is 64.7 Å². The molecule has 2 unspecified atom stereocenters. The number of ketones is 2. The number of hydrogen-bond acceptors (Lipinski definition) is 18. The number of urea groups is 1. The Morgan fingerprint density at radius 3 is 2.15 bits per heavy atom. The van der Waals surface area contributed by atoms with E-state index in [1.165, 1.54) is 31.2 Å². The molecule has 4 aliphatic carbocycles. The van der Waals surface area contributed by atoms with E-state index in [2.05, 4.69) is 38.4 Å². The molecule has 2 heterocycles. The fraction of sp³-hybridized carbons (Fsp3) is 0.554. The van der Waals surface area contributed by atoms with Crippen molar-refractivity contribution in [2.45, 2.75) is 160 Å². The van der Waals surface area contributed by atoms with Gasteiger partial charge in [0.1, 0.15) is 24.9 Å². The summed E-state index contributed by atoms with van der Waals surface area (Å²) in [4.78, 5) is 120. The first-order chi connectivity index (χ1) is 48.4. The predicted octanol–water partition coefficient (Wildman–Crippen LogP) is 6.43.